The zero-order valence-electron chi connectivity index (χ0n) is 16.0. The molecule has 6 heteroatoms. The minimum Gasteiger partial charge on any atom is -0.341 e. The summed E-state index contributed by atoms with van der Waals surface area (Å²) in [5.74, 6) is 0.973. The maximum absolute atomic E-state index is 13.3. The lowest BCUT2D eigenvalue weighted by Gasteiger charge is -2.30. The molecule has 0 saturated carbocycles. The molecule has 2 heterocycles. The highest BCUT2D eigenvalue weighted by molar-refractivity contribution is 8.00. The van der Waals surface area contributed by atoms with E-state index in [2.05, 4.69) is 10.2 Å². The number of amides is 1. The smallest absolute Gasteiger partial charge is 0.240 e. The third-order valence-corrected chi connectivity index (χ3v) is 6.36. The van der Waals surface area contributed by atoms with Crippen molar-refractivity contribution in [2.75, 3.05) is 13.1 Å². The lowest BCUT2D eigenvalue weighted by atomic mass is 10.1. The number of nitrogens with zero attached hydrogens (tertiary/aromatic N) is 4. The number of benzene rings is 2. The second-order valence-electron chi connectivity index (χ2n) is 7.03. The molecule has 3 aromatic rings. The van der Waals surface area contributed by atoms with Crippen molar-refractivity contribution < 1.29 is 4.79 Å². The van der Waals surface area contributed by atoms with Crippen molar-refractivity contribution in [3.05, 3.63) is 66.2 Å². The summed E-state index contributed by atoms with van der Waals surface area (Å²) < 4.78 is 1.97. The van der Waals surface area contributed by atoms with E-state index in [0.717, 1.165) is 48.0 Å². The molecule has 1 saturated heterocycles. The van der Waals surface area contributed by atoms with Gasteiger partial charge in [0.2, 0.25) is 5.91 Å². The molecule has 1 amide bonds. The Morgan fingerprint density at radius 3 is 2.25 bits per heavy atom. The highest BCUT2D eigenvalue weighted by Gasteiger charge is 2.29. The number of likely N-dealkylation sites (tertiary alicyclic amines) is 1. The number of carbonyl (C=O) groups excluding carboxylic acids is 1. The van der Waals surface area contributed by atoms with Gasteiger partial charge in [-0.15, -0.1) is 10.2 Å². The molecule has 5 nitrogen and oxygen atoms in total. The largest absolute Gasteiger partial charge is 0.341 e. The van der Waals surface area contributed by atoms with E-state index in [1.165, 1.54) is 18.2 Å². The highest BCUT2D eigenvalue weighted by atomic mass is 32.2. The van der Waals surface area contributed by atoms with Gasteiger partial charge in [0.15, 0.2) is 11.0 Å². The number of carbonyl (C=O) groups is 1. The van der Waals surface area contributed by atoms with E-state index in [-0.39, 0.29) is 11.2 Å². The van der Waals surface area contributed by atoms with Gasteiger partial charge < -0.3 is 9.47 Å². The van der Waals surface area contributed by atoms with Crippen LogP contribution in [-0.2, 0) is 11.8 Å². The number of hydrogen-bond donors (Lipinski definition) is 0. The molecule has 1 aliphatic rings. The van der Waals surface area contributed by atoms with Crippen molar-refractivity contribution in [3.8, 4) is 11.4 Å². The van der Waals surface area contributed by atoms with Gasteiger partial charge in [-0.3, -0.25) is 4.79 Å². The fourth-order valence-corrected chi connectivity index (χ4v) is 4.62. The lowest BCUT2D eigenvalue weighted by molar-refractivity contribution is -0.131. The number of thioether (sulfide) groups is 1. The van der Waals surface area contributed by atoms with Crippen molar-refractivity contribution in [2.24, 2.45) is 7.05 Å². The monoisotopic (exact) mass is 392 g/mol. The number of rotatable bonds is 5. The van der Waals surface area contributed by atoms with E-state index >= 15 is 0 Å². The molecular formula is C22H24N4OS. The molecule has 144 valence electrons. The molecule has 1 atom stereocenters. The van der Waals surface area contributed by atoms with E-state index in [1.54, 1.807) is 0 Å². The molecule has 1 aromatic heterocycles. The second-order valence-corrected chi connectivity index (χ2v) is 8.10. The van der Waals surface area contributed by atoms with Crippen LogP contribution in [0.4, 0.5) is 0 Å². The van der Waals surface area contributed by atoms with Crippen LogP contribution in [0.1, 0.15) is 30.1 Å². The van der Waals surface area contributed by atoms with Crippen molar-refractivity contribution >= 4 is 17.7 Å². The Bertz CT molecular complexity index is 920. The predicted octanol–water partition coefficient (Wildman–Crippen LogP) is 4.33. The molecular weight excluding hydrogens is 368 g/mol. The van der Waals surface area contributed by atoms with Gasteiger partial charge in [-0.25, -0.2) is 0 Å². The summed E-state index contributed by atoms with van der Waals surface area (Å²) in [6.45, 7) is 1.69. The van der Waals surface area contributed by atoms with E-state index < -0.39 is 0 Å². The van der Waals surface area contributed by atoms with Crippen LogP contribution in [0.5, 0.6) is 0 Å². The fraction of sp³-hybridized carbons (Fsp3) is 0.318. The summed E-state index contributed by atoms with van der Waals surface area (Å²) in [5, 5.41) is 9.20. The number of aromatic nitrogens is 3. The van der Waals surface area contributed by atoms with Gasteiger partial charge in [0.1, 0.15) is 5.25 Å². The van der Waals surface area contributed by atoms with Crippen molar-refractivity contribution in [1.82, 2.24) is 19.7 Å². The summed E-state index contributed by atoms with van der Waals surface area (Å²) >= 11 is 1.48. The predicted molar refractivity (Wildman–Crippen MR) is 112 cm³/mol. The van der Waals surface area contributed by atoms with Crippen LogP contribution in [0, 0.1) is 0 Å². The van der Waals surface area contributed by atoms with Gasteiger partial charge in [0.25, 0.3) is 0 Å². The van der Waals surface area contributed by atoms with E-state index in [1.807, 2.05) is 77.2 Å². The maximum Gasteiger partial charge on any atom is 0.240 e. The van der Waals surface area contributed by atoms with Gasteiger partial charge >= 0.3 is 0 Å². The Labute approximate surface area is 169 Å². The van der Waals surface area contributed by atoms with Crippen molar-refractivity contribution in [1.29, 1.82) is 0 Å². The summed E-state index contributed by atoms with van der Waals surface area (Å²) in [6.07, 6.45) is 3.37. The van der Waals surface area contributed by atoms with Crippen LogP contribution in [0.2, 0.25) is 0 Å². The van der Waals surface area contributed by atoms with Crippen LogP contribution < -0.4 is 0 Å². The average molecular weight is 393 g/mol. The first-order valence-electron chi connectivity index (χ1n) is 9.69. The molecule has 1 fully saturated rings. The molecule has 1 aliphatic heterocycles. The first-order valence-corrected chi connectivity index (χ1v) is 10.6. The summed E-state index contributed by atoms with van der Waals surface area (Å²) in [6, 6.07) is 20.0. The molecule has 0 spiro atoms. The number of hydrogen-bond acceptors (Lipinski definition) is 4. The summed E-state index contributed by atoms with van der Waals surface area (Å²) in [7, 11) is 1.96. The fourth-order valence-electron chi connectivity index (χ4n) is 3.53. The van der Waals surface area contributed by atoms with Gasteiger partial charge in [0.05, 0.1) is 0 Å². The molecule has 0 unspecified atom stereocenters. The van der Waals surface area contributed by atoms with E-state index in [4.69, 9.17) is 0 Å². The second kappa shape index (κ2) is 8.61. The third kappa shape index (κ3) is 3.97. The Kier molecular flexibility index (Phi) is 5.76. The Morgan fingerprint density at radius 1 is 0.929 bits per heavy atom. The zero-order chi connectivity index (χ0) is 19.3. The third-order valence-electron chi connectivity index (χ3n) is 5.08. The highest BCUT2D eigenvalue weighted by Crippen LogP contribution is 2.37. The van der Waals surface area contributed by atoms with Gasteiger partial charge in [0, 0.05) is 25.7 Å². The summed E-state index contributed by atoms with van der Waals surface area (Å²) in [5.41, 5.74) is 2.02. The Morgan fingerprint density at radius 2 is 1.57 bits per heavy atom. The number of piperidine rings is 1. The zero-order valence-corrected chi connectivity index (χ0v) is 16.8. The van der Waals surface area contributed by atoms with Crippen LogP contribution in [-0.4, -0.2) is 38.7 Å². The molecule has 0 radical (unpaired) electrons. The van der Waals surface area contributed by atoms with Crippen LogP contribution in [0.25, 0.3) is 11.4 Å². The van der Waals surface area contributed by atoms with E-state index in [0.29, 0.717) is 0 Å². The standard InChI is InChI=1S/C22H24N4OS/c1-25-20(18-13-7-3-8-14-18)23-24-22(25)28-19(17-11-5-2-6-12-17)21(27)26-15-9-4-10-16-26/h2-3,5-8,11-14,19H,4,9-10,15-16H2,1H3/t19-/m1/s1. The first kappa shape index (κ1) is 18.7. The van der Waals surface area contributed by atoms with E-state index in [9.17, 15) is 4.79 Å². The topological polar surface area (TPSA) is 51.0 Å². The molecule has 4 rings (SSSR count). The molecule has 2 aromatic carbocycles. The average Bonchev–Trinajstić information content (AvgIpc) is 3.13. The van der Waals surface area contributed by atoms with Crippen molar-refractivity contribution in [3.63, 3.8) is 0 Å². The first-order chi connectivity index (χ1) is 13.7. The van der Waals surface area contributed by atoms with Crippen LogP contribution in [0.15, 0.2) is 65.8 Å². The van der Waals surface area contributed by atoms with Crippen molar-refractivity contribution in [2.45, 2.75) is 29.7 Å². The Hall–Kier alpha value is -2.60. The maximum atomic E-state index is 13.3. The molecule has 0 aliphatic carbocycles. The minimum atomic E-state index is -0.314. The minimum absolute atomic E-state index is 0.167. The quantitative estimate of drug-likeness (QED) is 0.607. The lowest BCUT2D eigenvalue weighted by Crippen LogP contribution is -2.38. The van der Waals surface area contributed by atoms with Gasteiger partial charge in [-0.1, -0.05) is 72.4 Å². The van der Waals surface area contributed by atoms with Gasteiger partial charge in [-0.05, 0) is 24.8 Å². The molecule has 0 N–H and O–H groups in total. The van der Waals surface area contributed by atoms with Crippen LogP contribution in [0.3, 0.4) is 0 Å². The normalized spacial score (nSPS) is 15.4. The summed E-state index contributed by atoms with van der Waals surface area (Å²) in [4.78, 5) is 15.3. The Balaban J connectivity index is 1.63. The molecule has 28 heavy (non-hydrogen) atoms. The van der Waals surface area contributed by atoms with Gasteiger partial charge in [-0.2, -0.15) is 0 Å². The molecule has 0 bridgehead atoms. The SMILES string of the molecule is Cn1c(S[C@@H](C(=O)N2CCCCC2)c2ccccc2)nnc1-c1ccccc1. The van der Waals surface area contributed by atoms with Crippen LogP contribution >= 0.6 is 11.8 Å².